The number of hydrogen-bond donors (Lipinski definition) is 1. The van der Waals surface area contributed by atoms with E-state index in [1.807, 2.05) is 54.6 Å². The van der Waals surface area contributed by atoms with Crippen LogP contribution in [0.15, 0.2) is 66.7 Å². The largest absolute Gasteiger partial charge is 0.494 e. The van der Waals surface area contributed by atoms with Crippen LogP contribution in [0.2, 0.25) is 0 Å². The number of unbranched alkanes of at least 4 members (excludes halogenated alkanes) is 3. The van der Waals surface area contributed by atoms with Crippen molar-refractivity contribution in [1.29, 1.82) is 0 Å². The lowest BCUT2D eigenvalue weighted by atomic mass is 10.1. The SMILES string of the molecule is CCCCCCOc1ccc(-c2nc(NC(=O)c3ccc([N+](=O)[O-])s3)sc2Oc2ccccc2)cc1. The highest BCUT2D eigenvalue weighted by atomic mass is 32.1. The standard InChI is InChI=1S/C26H25N3O5S2/c1-2-3-4-8-17-33-19-13-11-18(12-14-19)23-25(34-20-9-6-5-7-10-20)36-26(27-23)28-24(30)21-15-16-22(35-21)29(31)32/h5-7,9-16H,2-4,8,17H2,1H3,(H,27,28,30). The highest BCUT2D eigenvalue weighted by Gasteiger charge is 2.20. The number of benzene rings is 2. The van der Waals surface area contributed by atoms with Crippen molar-refractivity contribution in [2.24, 2.45) is 0 Å². The summed E-state index contributed by atoms with van der Waals surface area (Å²) in [6, 6.07) is 19.6. The molecule has 2 aromatic heterocycles. The van der Waals surface area contributed by atoms with Crippen molar-refractivity contribution in [3.05, 3.63) is 81.7 Å². The molecule has 0 radical (unpaired) electrons. The van der Waals surface area contributed by atoms with E-state index in [0.29, 0.717) is 28.2 Å². The van der Waals surface area contributed by atoms with Crippen molar-refractivity contribution in [3.8, 4) is 27.8 Å². The van der Waals surface area contributed by atoms with Gasteiger partial charge in [-0.3, -0.25) is 20.2 Å². The average Bonchev–Trinajstić information content (AvgIpc) is 3.53. The number of carbonyl (C=O) groups excluding carboxylic acids is 1. The van der Waals surface area contributed by atoms with Crippen molar-refractivity contribution in [1.82, 2.24) is 4.98 Å². The number of amides is 1. The Morgan fingerprint density at radius 1 is 0.972 bits per heavy atom. The molecule has 0 atom stereocenters. The van der Waals surface area contributed by atoms with Gasteiger partial charge in [0.1, 0.15) is 17.2 Å². The van der Waals surface area contributed by atoms with Gasteiger partial charge in [-0.1, -0.05) is 67.1 Å². The molecule has 0 aliphatic heterocycles. The maximum Gasteiger partial charge on any atom is 0.324 e. The second kappa shape index (κ2) is 12.3. The summed E-state index contributed by atoms with van der Waals surface area (Å²) in [5, 5.41) is 14.4. The molecule has 0 spiro atoms. The molecule has 4 aromatic rings. The number of thiazole rings is 1. The lowest BCUT2D eigenvalue weighted by molar-refractivity contribution is -0.380. The molecule has 0 bridgehead atoms. The molecule has 10 heteroatoms. The quantitative estimate of drug-likeness (QED) is 0.115. The van der Waals surface area contributed by atoms with Gasteiger partial charge in [-0.25, -0.2) is 4.98 Å². The van der Waals surface area contributed by atoms with E-state index in [0.717, 1.165) is 35.5 Å². The summed E-state index contributed by atoms with van der Waals surface area (Å²) in [6.07, 6.45) is 4.57. The first-order chi connectivity index (χ1) is 17.5. The molecule has 36 heavy (non-hydrogen) atoms. The van der Waals surface area contributed by atoms with Gasteiger partial charge < -0.3 is 9.47 Å². The minimum atomic E-state index is -0.521. The predicted molar refractivity (Wildman–Crippen MR) is 143 cm³/mol. The molecule has 0 fully saturated rings. The molecule has 8 nitrogen and oxygen atoms in total. The summed E-state index contributed by atoms with van der Waals surface area (Å²) < 4.78 is 11.9. The van der Waals surface area contributed by atoms with Crippen LogP contribution in [0.4, 0.5) is 10.1 Å². The number of anilines is 1. The molecule has 0 saturated heterocycles. The third kappa shape index (κ3) is 6.67. The van der Waals surface area contributed by atoms with Crippen LogP contribution in [-0.4, -0.2) is 22.4 Å². The molecular formula is C26H25N3O5S2. The summed E-state index contributed by atoms with van der Waals surface area (Å²) in [7, 11) is 0. The lowest BCUT2D eigenvalue weighted by Gasteiger charge is -2.08. The van der Waals surface area contributed by atoms with Crippen molar-refractivity contribution in [2.75, 3.05) is 11.9 Å². The zero-order chi connectivity index (χ0) is 25.3. The highest BCUT2D eigenvalue weighted by molar-refractivity contribution is 7.19. The van der Waals surface area contributed by atoms with Gasteiger partial charge in [0, 0.05) is 11.6 Å². The number of hydrogen-bond acceptors (Lipinski definition) is 8. The highest BCUT2D eigenvalue weighted by Crippen LogP contribution is 2.41. The molecule has 1 N–H and O–H groups in total. The van der Waals surface area contributed by atoms with Gasteiger partial charge >= 0.3 is 5.00 Å². The topological polar surface area (TPSA) is 104 Å². The molecule has 2 aromatic carbocycles. The predicted octanol–water partition coefficient (Wildman–Crippen LogP) is 7.78. The van der Waals surface area contributed by atoms with Crippen molar-refractivity contribution in [3.63, 3.8) is 0 Å². The van der Waals surface area contributed by atoms with Crippen molar-refractivity contribution in [2.45, 2.75) is 32.6 Å². The van der Waals surface area contributed by atoms with E-state index in [9.17, 15) is 14.9 Å². The number of aromatic nitrogens is 1. The van der Waals surface area contributed by atoms with Crippen LogP contribution in [0.5, 0.6) is 16.6 Å². The average molecular weight is 524 g/mol. The Morgan fingerprint density at radius 2 is 1.75 bits per heavy atom. The number of nitrogens with zero attached hydrogens (tertiary/aromatic N) is 2. The van der Waals surface area contributed by atoms with Gasteiger partial charge in [0.2, 0.25) is 5.06 Å². The Kier molecular flexibility index (Phi) is 8.64. The number of carbonyl (C=O) groups is 1. The van der Waals surface area contributed by atoms with Gasteiger partial charge in [-0.15, -0.1) is 0 Å². The molecule has 0 saturated carbocycles. The van der Waals surface area contributed by atoms with E-state index in [2.05, 4.69) is 17.2 Å². The molecule has 0 aliphatic rings. The zero-order valence-electron chi connectivity index (χ0n) is 19.6. The first-order valence-electron chi connectivity index (χ1n) is 11.6. The Labute approximate surface area is 216 Å². The third-order valence-electron chi connectivity index (χ3n) is 5.16. The molecule has 1 amide bonds. The van der Waals surface area contributed by atoms with Gasteiger partial charge in [0.05, 0.1) is 16.4 Å². The normalized spacial score (nSPS) is 10.7. The van der Waals surface area contributed by atoms with Crippen molar-refractivity contribution < 1.29 is 19.2 Å². The smallest absolute Gasteiger partial charge is 0.324 e. The first kappa shape index (κ1) is 25.3. The van der Waals surface area contributed by atoms with Gasteiger partial charge in [-0.2, -0.15) is 0 Å². The minimum Gasteiger partial charge on any atom is -0.494 e. The van der Waals surface area contributed by atoms with E-state index in [-0.39, 0.29) is 9.88 Å². The maximum absolute atomic E-state index is 12.7. The monoisotopic (exact) mass is 523 g/mol. The number of rotatable bonds is 12. The molecule has 186 valence electrons. The Morgan fingerprint density at radius 3 is 2.44 bits per heavy atom. The summed E-state index contributed by atoms with van der Waals surface area (Å²) >= 11 is 2.00. The van der Waals surface area contributed by atoms with Gasteiger partial charge in [0.15, 0.2) is 5.13 Å². The van der Waals surface area contributed by atoms with E-state index in [1.54, 1.807) is 0 Å². The number of ether oxygens (including phenoxy) is 2. The molecule has 0 unspecified atom stereocenters. The van der Waals surface area contributed by atoms with Crippen LogP contribution in [0.3, 0.4) is 0 Å². The van der Waals surface area contributed by atoms with E-state index < -0.39 is 10.8 Å². The Hall–Kier alpha value is -3.76. The number of nitro groups is 1. The van der Waals surface area contributed by atoms with Crippen LogP contribution < -0.4 is 14.8 Å². The zero-order valence-corrected chi connectivity index (χ0v) is 21.3. The fourth-order valence-corrected chi connectivity index (χ4v) is 4.91. The minimum absolute atomic E-state index is 0.0965. The number of thiophene rings is 1. The van der Waals surface area contributed by atoms with Crippen LogP contribution in [-0.2, 0) is 0 Å². The fourth-order valence-electron chi connectivity index (χ4n) is 3.34. The lowest BCUT2D eigenvalue weighted by Crippen LogP contribution is -2.09. The van der Waals surface area contributed by atoms with Crippen LogP contribution >= 0.6 is 22.7 Å². The van der Waals surface area contributed by atoms with Crippen LogP contribution in [0.25, 0.3) is 11.3 Å². The second-order valence-corrected chi connectivity index (χ2v) is 9.88. The number of nitrogens with one attached hydrogen (secondary N) is 1. The Bertz CT molecular complexity index is 1300. The summed E-state index contributed by atoms with van der Waals surface area (Å²) in [5.41, 5.74) is 1.38. The van der Waals surface area contributed by atoms with Crippen LogP contribution in [0.1, 0.15) is 42.3 Å². The molecule has 4 rings (SSSR count). The summed E-state index contributed by atoms with van der Waals surface area (Å²) in [5.74, 6) is 0.955. The third-order valence-corrected chi connectivity index (χ3v) is 7.04. The maximum atomic E-state index is 12.7. The Balaban J connectivity index is 1.53. The second-order valence-electron chi connectivity index (χ2n) is 7.85. The molecular weight excluding hydrogens is 498 g/mol. The molecule has 2 heterocycles. The summed E-state index contributed by atoms with van der Waals surface area (Å²) in [6.45, 7) is 2.86. The summed E-state index contributed by atoms with van der Waals surface area (Å²) in [4.78, 5) is 27.9. The fraction of sp³-hybridized carbons (Fsp3) is 0.231. The first-order valence-corrected chi connectivity index (χ1v) is 13.2. The van der Waals surface area contributed by atoms with E-state index >= 15 is 0 Å². The van der Waals surface area contributed by atoms with E-state index in [4.69, 9.17) is 9.47 Å². The number of para-hydroxylation sites is 1. The van der Waals surface area contributed by atoms with Gasteiger partial charge in [-0.05, 0) is 48.9 Å². The van der Waals surface area contributed by atoms with Crippen LogP contribution in [0, 0.1) is 10.1 Å². The van der Waals surface area contributed by atoms with Crippen molar-refractivity contribution >= 4 is 38.7 Å². The molecule has 0 aliphatic carbocycles. The van der Waals surface area contributed by atoms with E-state index in [1.165, 1.54) is 36.3 Å². The van der Waals surface area contributed by atoms with Gasteiger partial charge in [0.25, 0.3) is 5.91 Å².